The van der Waals surface area contributed by atoms with Crippen LogP contribution in [0.3, 0.4) is 0 Å². The zero-order chi connectivity index (χ0) is 18.5. The minimum atomic E-state index is -0.150. The second-order valence-electron chi connectivity index (χ2n) is 9.99. The summed E-state index contributed by atoms with van der Waals surface area (Å²) in [6, 6.07) is 9.62. The Morgan fingerprint density at radius 2 is 2.07 bits per heavy atom. The number of esters is 1. The number of quaternary nitrogens is 1. The Bertz CT molecular complexity index is 839. The molecule has 3 aliphatic heterocycles. The Morgan fingerprint density at radius 3 is 2.89 bits per heavy atom. The van der Waals surface area contributed by atoms with Crippen LogP contribution < -0.4 is 5.32 Å². The van der Waals surface area contributed by atoms with E-state index < -0.39 is 0 Å². The molecule has 0 radical (unpaired) electrons. The Morgan fingerprint density at radius 1 is 1.22 bits per heavy atom. The largest absolute Gasteiger partial charge is 0.469 e. The van der Waals surface area contributed by atoms with Crippen LogP contribution in [0.1, 0.15) is 51.0 Å². The van der Waals surface area contributed by atoms with Crippen LogP contribution in [0.4, 0.5) is 5.69 Å². The predicted molar refractivity (Wildman–Crippen MR) is 104 cm³/mol. The number of carbonyl (C=O) groups excluding carboxylic acids is 1. The first-order chi connectivity index (χ1) is 13.1. The third-order valence-corrected chi connectivity index (χ3v) is 9.72. The molecule has 27 heavy (non-hydrogen) atoms. The summed E-state index contributed by atoms with van der Waals surface area (Å²) in [5.74, 6) is -0.00543. The zero-order valence-corrected chi connectivity index (χ0v) is 16.6. The van der Waals surface area contributed by atoms with Gasteiger partial charge in [0.25, 0.3) is 0 Å². The highest BCUT2D eigenvalue weighted by atomic mass is 16.5. The topological polar surface area (TPSA) is 38.3 Å². The number of hydrogen-bond acceptors (Lipinski definition) is 3. The number of carbonyl (C=O) groups is 1. The van der Waals surface area contributed by atoms with Gasteiger partial charge >= 0.3 is 5.97 Å². The van der Waals surface area contributed by atoms with E-state index in [1.54, 1.807) is 7.11 Å². The van der Waals surface area contributed by atoms with Crippen LogP contribution in [-0.4, -0.2) is 48.8 Å². The molecule has 0 aromatic heterocycles. The standard InChI is InChI=1S/C23H31N2O2/c1-3-25-13-6-9-21-10-11-23(17(15-21)19(26)27-2)22(12-14-25,20(21)25)16-7-4-5-8-18(16)24-23/h4-5,7-8,17,20,24H,3,6,9-15H2,1-2H3/q+1/t17-,20+,21+,22+,23-,25+/m1/s1. The first kappa shape index (κ1) is 16.4. The van der Waals surface area contributed by atoms with Crippen LogP contribution >= 0.6 is 0 Å². The summed E-state index contributed by atoms with van der Waals surface area (Å²) >= 11 is 0. The molecule has 5 fully saturated rings. The summed E-state index contributed by atoms with van der Waals surface area (Å²) in [4.78, 5) is 13.1. The number of nitrogens with one attached hydrogen (secondary N) is 1. The quantitative estimate of drug-likeness (QED) is 0.643. The maximum Gasteiger partial charge on any atom is 0.311 e. The first-order valence-electron chi connectivity index (χ1n) is 10.9. The fourth-order valence-electron chi connectivity index (χ4n) is 9.07. The fourth-order valence-corrected chi connectivity index (χ4v) is 9.07. The smallest absolute Gasteiger partial charge is 0.311 e. The number of likely N-dealkylation sites (N-methyl/N-ethyl adjacent to an activating group) is 1. The van der Waals surface area contributed by atoms with Gasteiger partial charge in [-0.1, -0.05) is 18.2 Å². The number of ether oxygens (including phenoxy) is 1. The summed E-state index contributed by atoms with van der Waals surface area (Å²) in [5.41, 5.74) is 3.04. The molecule has 4 heteroatoms. The Balaban J connectivity index is 1.66. The lowest BCUT2D eigenvalue weighted by Gasteiger charge is -2.69. The molecule has 0 amide bonds. The van der Waals surface area contributed by atoms with Gasteiger partial charge < -0.3 is 14.5 Å². The number of nitrogens with zero attached hydrogens (tertiary/aromatic N) is 1. The highest BCUT2D eigenvalue weighted by Gasteiger charge is 2.83. The van der Waals surface area contributed by atoms with E-state index >= 15 is 0 Å². The molecule has 3 heterocycles. The van der Waals surface area contributed by atoms with Crippen molar-refractivity contribution in [2.24, 2.45) is 11.3 Å². The van der Waals surface area contributed by atoms with E-state index in [1.165, 1.54) is 61.1 Å². The van der Waals surface area contributed by atoms with Crippen LogP contribution in [0.15, 0.2) is 24.3 Å². The van der Waals surface area contributed by atoms with E-state index in [9.17, 15) is 4.79 Å². The van der Waals surface area contributed by atoms with Crippen LogP contribution in [0.5, 0.6) is 0 Å². The van der Waals surface area contributed by atoms with E-state index in [4.69, 9.17) is 4.74 Å². The molecule has 144 valence electrons. The number of para-hydroxylation sites is 1. The molecule has 3 spiro atoms. The average molecular weight is 368 g/mol. The van der Waals surface area contributed by atoms with Gasteiger partial charge in [0.2, 0.25) is 0 Å². The van der Waals surface area contributed by atoms with Crippen molar-refractivity contribution in [3.63, 3.8) is 0 Å². The highest BCUT2D eigenvalue weighted by molar-refractivity contribution is 5.80. The molecule has 6 aliphatic rings. The van der Waals surface area contributed by atoms with Gasteiger partial charge in [-0.3, -0.25) is 4.79 Å². The maximum absolute atomic E-state index is 13.1. The molecule has 3 saturated carbocycles. The van der Waals surface area contributed by atoms with E-state index in [2.05, 4.69) is 36.5 Å². The lowest BCUT2D eigenvalue weighted by atomic mass is 9.38. The molecule has 6 atom stereocenters. The molecule has 4 nitrogen and oxygen atoms in total. The van der Waals surface area contributed by atoms with Crippen LogP contribution in [-0.2, 0) is 14.9 Å². The molecule has 0 unspecified atom stereocenters. The lowest BCUT2D eigenvalue weighted by Crippen LogP contribution is -2.80. The summed E-state index contributed by atoms with van der Waals surface area (Å²) in [5, 5.41) is 3.98. The number of rotatable bonds is 2. The van der Waals surface area contributed by atoms with E-state index in [1.807, 2.05) is 0 Å². The molecular formula is C23H31N2O2+. The summed E-state index contributed by atoms with van der Waals surface area (Å²) in [6.45, 7) is 6.23. The van der Waals surface area contributed by atoms with Gasteiger partial charge in [0, 0.05) is 17.5 Å². The molecule has 1 aromatic carbocycles. The average Bonchev–Trinajstić information content (AvgIpc) is 3.23. The van der Waals surface area contributed by atoms with Crippen molar-refractivity contribution >= 4 is 11.7 Å². The van der Waals surface area contributed by atoms with Crippen molar-refractivity contribution in [3.8, 4) is 0 Å². The second kappa shape index (κ2) is 4.89. The van der Waals surface area contributed by atoms with Crippen molar-refractivity contribution < 1.29 is 14.0 Å². The van der Waals surface area contributed by atoms with Gasteiger partial charge in [-0.15, -0.1) is 0 Å². The van der Waals surface area contributed by atoms with Gasteiger partial charge in [0.15, 0.2) is 0 Å². The fraction of sp³-hybridized carbons (Fsp3) is 0.696. The van der Waals surface area contributed by atoms with E-state index in [0.717, 1.165) is 12.8 Å². The van der Waals surface area contributed by atoms with Crippen molar-refractivity contribution in [1.82, 2.24) is 0 Å². The lowest BCUT2D eigenvalue weighted by molar-refractivity contribution is -0.955. The minimum absolute atomic E-state index is 0.0132. The van der Waals surface area contributed by atoms with Gasteiger partial charge in [-0.2, -0.15) is 0 Å². The number of anilines is 1. The first-order valence-corrected chi connectivity index (χ1v) is 10.9. The van der Waals surface area contributed by atoms with Crippen molar-refractivity contribution in [2.75, 3.05) is 32.1 Å². The van der Waals surface area contributed by atoms with Crippen molar-refractivity contribution in [2.45, 2.75) is 62.4 Å². The SMILES string of the molecule is CC[N@+]12CCC[C@@]34CC[C@@]5(Nc6ccccc6[C@@]5(CC1)[C@H]32)[C@@H](C(=O)OC)C4. The Kier molecular flexibility index (Phi) is 2.97. The van der Waals surface area contributed by atoms with E-state index in [0.29, 0.717) is 11.5 Å². The molecule has 3 aliphatic carbocycles. The molecule has 7 rings (SSSR count). The summed E-state index contributed by atoms with van der Waals surface area (Å²) < 4.78 is 6.67. The molecule has 1 aromatic rings. The Hall–Kier alpha value is -1.55. The van der Waals surface area contributed by atoms with Crippen LogP contribution in [0.2, 0.25) is 0 Å². The summed E-state index contributed by atoms with van der Waals surface area (Å²) in [6.07, 6.45) is 7.23. The van der Waals surface area contributed by atoms with E-state index in [-0.39, 0.29) is 22.8 Å². The number of piperidine rings is 1. The van der Waals surface area contributed by atoms with Gasteiger partial charge in [0.05, 0.1) is 43.6 Å². The summed E-state index contributed by atoms with van der Waals surface area (Å²) in [7, 11) is 1.58. The third kappa shape index (κ3) is 1.54. The molecule has 2 bridgehead atoms. The normalized spacial score (nSPS) is 48.4. The second-order valence-corrected chi connectivity index (χ2v) is 9.99. The Labute approximate surface area is 161 Å². The van der Waals surface area contributed by atoms with Crippen molar-refractivity contribution in [1.29, 1.82) is 0 Å². The number of fused-ring (bicyclic) bond motifs is 3. The zero-order valence-electron chi connectivity index (χ0n) is 16.6. The van der Waals surface area contributed by atoms with Crippen LogP contribution in [0.25, 0.3) is 0 Å². The molecule has 2 saturated heterocycles. The molecular weight excluding hydrogens is 336 g/mol. The minimum Gasteiger partial charge on any atom is -0.469 e. The number of hydrogen-bond donors (Lipinski definition) is 1. The monoisotopic (exact) mass is 367 g/mol. The maximum atomic E-state index is 13.1. The number of benzene rings is 1. The predicted octanol–water partition coefficient (Wildman–Crippen LogP) is 3.46. The number of methoxy groups -OCH3 is 1. The van der Waals surface area contributed by atoms with Crippen LogP contribution in [0, 0.1) is 11.3 Å². The van der Waals surface area contributed by atoms with Gasteiger partial charge in [-0.05, 0) is 50.7 Å². The molecule has 1 N–H and O–H groups in total. The van der Waals surface area contributed by atoms with Gasteiger partial charge in [0.1, 0.15) is 6.04 Å². The highest BCUT2D eigenvalue weighted by Crippen LogP contribution is 2.75. The van der Waals surface area contributed by atoms with Crippen molar-refractivity contribution in [3.05, 3.63) is 29.8 Å². The van der Waals surface area contributed by atoms with Gasteiger partial charge in [-0.25, -0.2) is 0 Å². The third-order valence-electron chi connectivity index (χ3n) is 9.72.